The minimum atomic E-state index is -3.65. The lowest BCUT2D eigenvalue weighted by Gasteiger charge is -2.20. The molecule has 0 saturated heterocycles. The number of rotatable bonds is 9. The van der Waals surface area contributed by atoms with Gasteiger partial charge in [0.25, 0.3) is 0 Å². The molecule has 0 aliphatic heterocycles. The average Bonchev–Trinajstić information content (AvgIpc) is 2.66. The quantitative estimate of drug-likeness (QED) is 0.471. The van der Waals surface area contributed by atoms with Gasteiger partial charge in [0.05, 0.1) is 10.5 Å². The van der Waals surface area contributed by atoms with Gasteiger partial charge in [-0.2, -0.15) is 4.31 Å². The number of esters is 1. The first-order valence-electron chi connectivity index (χ1n) is 9.27. The third-order valence-electron chi connectivity index (χ3n) is 4.32. The minimum Gasteiger partial charge on any atom is -0.490 e. The fourth-order valence-corrected chi connectivity index (χ4v) is 4.50. The van der Waals surface area contributed by atoms with E-state index in [9.17, 15) is 13.2 Å². The fourth-order valence-electron chi connectivity index (χ4n) is 2.79. The Balaban J connectivity index is 2.04. The summed E-state index contributed by atoms with van der Waals surface area (Å²) in [4.78, 5) is 12.4. The van der Waals surface area contributed by atoms with Gasteiger partial charge in [-0.05, 0) is 49.2 Å². The third kappa shape index (κ3) is 5.33. The highest BCUT2D eigenvalue weighted by molar-refractivity contribution is 7.89. The van der Waals surface area contributed by atoms with Crippen LogP contribution >= 0.6 is 0 Å². The van der Waals surface area contributed by atoms with Crippen LogP contribution in [0, 0.1) is 13.8 Å². The highest BCUT2D eigenvalue weighted by atomic mass is 32.2. The largest absolute Gasteiger partial charge is 0.490 e. The summed E-state index contributed by atoms with van der Waals surface area (Å²) < 4.78 is 37.7. The van der Waals surface area contributed by atoms with Gasteiger partial charge in [-0.25, -0.2) is 13.2 Å². The third-order valence-corrected chi connectivity index (χ3v) is 6.51. The van der Waals surface area contributed by atoms with Crippen molar-refractivity contribution in [3.63, 3.8) is 0 Å². The van der Waals surface area contributed by atoms with Crippen LogP contribution in [-0.4, -0.2) is 45.0 Å². The number of hydrogen-bond acceptors (Lipinski definition) is 5. The lowest BCUT2D eigenvalue weighted by atomic mass is 10.1. The summed E-state index contributed by atoms with van der Waals surface area (Å²) >= 11 is 0. The molecule has 6 nitrogen and oxygen atoms in total. The zero-order valence-corrected chi connectivity index (χ0v) is 17.6. The van der Waals surface area contributed by atoms with Crippen LogP contribution in [0.2, 0.25) is 0 Å². The Hall–Kier alpha value is -2.38. The fraction of sp³-hybridized carbons (Fsp3) is 0.381. The van der Waals surface area contributed by atoms with Crippen molar-refractivity contribution >= 4 is 16.0 Å². The lowest BCUT2D eigenvalue weighted by Crippen LogP contribution is -2.31. The van der Waals surface area contributed by atoms with Crippen molar-refractivity contribution in [2.75, 3.05) is 26.3 Å². The first kappa shape index (κ1) is 21.9. The summed E-state index contributed by atoms with van der Waals surface area (Å²) in [7, 11) is -3.65. The number of aryl methyl sites for hydroxylation is 2. The predicted octanol–water partition coefficient (Wildman–Crippen LogP) is 3.57. The van der Waals surface area contributed by atoms with Crippen molar-refractivity contribution in [3.8, 4) is 5.75 Å². The Morgan fingerprint density at radius 2 is 1.71 bits per heavy atom. The number of benzene rings is 2. The second-order valence-corrected chi connectivity index (χ2v) is 8.28. The number of carbonyl (C=O) groups excluding carboxylic acids is 1. The molecule has 152 valence electrons. The molecule has 0 radical (unpaired) electrons. The molecule has 2 aromatic carbocycles. The number of ether oxygens (including phenoxy) is 2. The van der Waals surface area contributed by atoms with Gasteiger partial charge in [-0.3, -0.25) is 0 Å². The van der Waals surface area contributed by atoms with E-state index in [0.29, 0.717) is 24.4 Å². The van der Waals surface area contributed by atoms with Crippen molar-refractivity contribution in [2.45, 2.75) is 32.6 Å². The van der Waals surface area contributed by atoms with Gasteiger partial charge in [0.2, 0.25) is 10.0 Å². The molecule has 0 spiro atoms. The molecule has 7 heteroatoms. The summed E-state index contributed by atoms with van der Waals surface area (Å²) in [6, 6.07) is 12.2. The molecular weight excluding hydrogens is 378 g/mol. The van der Waals surface area contributed by atoms with E-state index in [0.717, 1.165) is 5.56 Å². The van der Waals surface area contributed by atoms with E-state index in [-0.39, 0.29) is 23.7 Å². The van der Waals surface area contributed by atoms with Gasteiger partial charge >= 0.3 is 5.97 Å². The number of sulfonamides is 1. The maximum absolute atomic E-state index is 12.8. The molecular formula is C21H27NO5S. The van der Waals surface area contributed by atoms with E-state index in [1.165, 1.54) is 10.4 Å². The van der Waals surface area contributed by atoms with Crippen LogP contribution in [0.15, 0.2) is 47.4 Å². The molecule has 0 atom stereocenters. The highest BCUT2D eigenvalue weighted by Crippen LogP contribution is 2.22. The molecule has 0 aliphatic carbocycles. The van der Waals surface area contributed by atoms with E-state index in [1.54, 1.807) is 32.9 Å². The van der Waals surface area contributed by atoms with Crippen molar-refractivity contribution in [1.29, 1.82) is 0 Å². The van der Waals surface area contributed by atoms with E-state index >= 15 is 0 Å². The highest BCUT2D eigenvalue weighted by Gasteiger charge is 2.25. The monoisotopic (exact) mass is 405 g/mol. The Kier molecular flexibility index (Phi) is 7.60. The molecule has 2 aromatic rings. The van der Waals surface area contributed by atoms with Gasteiger partial charge in [-0.1, -0.05) is 32.0 Å². The SMILES string of the molecule is CCN(CC)S(=O)(=O)c1cc(C(=O)OCCOc2cccc(C)c2)ccc1C. The van der Waals surface area contributed by atoms with Crippen molar-refractivity contribution < 1.29 is 22.7 Å². The first-order chi connectivity index (χ1) is 13.3. The van der Waals surface area contributed by atoms with Crippen LogP contribution in [-0.2, 0) is 14.8 Å². The molecule has 0 amide bonds. The van der Waals surface area contributed by atoms with Crippen LogP contribution in [0.3, 0.4) is 0 Å². The van der Waals surface area contributed by atoms with Gasteiger partial charge in [0.15, 0.2) is 0 Å². The molecule has 0 aliphatic rings. The van der Waals surface area contributed by atoms with Crippen molar-refractivity contribution in [1.82, 2.24) is 4.31 Å². The predicted molar refractivity (Wildman–Crippen MR) is 108 cm³/mol. The van der Waals surface area contributed by atoms with Crippen LogP contribution in [0.25, 0.3) is 0 Å². The maximum Gasteiger partial charge on any atom is 0.338 e. The van der Waals surface area contributed by atoms with Crippen LogP contribution in [0.1, 0.15) is 35.3 Å². The second-order valence-electron chi connectivity index (χ2n) is 6.37. The Bertz CT molecular complexity index is 920. The second kappa shape index (κ2) is 9.71. The van der Waals surface area contributed by atoms with Gasteiger partial charge in [0.1, 0.15) is 19.0 Å². The summed E-state index contributed by atoms with van der Waals surface area (Å²) in [5.41, 5.74) is 1.87. The smallest absolute Gasteiger partial charge is 0.338 e. The van der Waals surface area contributed by atoms with E-state index < -0.39 is 16.0 Å². The number of hydrogen-bond donors (Lipinski definition) is 0. The molecule has 0 unspecified atom stereocenters. The summed E-state index contributed by atoms with van der Waals surface area (Å²) in [5, 5.41) is 0. The Labute approximate surface area is 167 Å². The standard InChI is InChI=1S/C21H27NO5S/c1-5-22(6-2)28(24,25)20-15-18(11-10-17(20)4)21(23)27-13-12-26-19-9-7-8-16(3)14-19/h7-11,14-15H,5-6,12-13H2,1-4H3. The summed E-state index contributed by atoms with van der Waals surface area (Å²) in [6.45, 7) is 8.25. The van der Waals surface area contributed by atoms with E-state index in [4.69, 9.17) is 9.47 Å². The molecule has 0 heterocycles. The molecule has 0 aromatic heterocycles. The van der Waals surface area contributed by atoms with Crippen LogP contribution in [0.5, 0.6) is 5.75 Å². The van der Waals surface area contributed by atoms with E-state index in [1.807, 2.05) is 31.2 Å². The molecule has 0 N–H and O–H groups in total. The zero-order chi connectivity index (χ0) is 20.7. The van der Waals surface area contributed by atoms with Gasteiger partial charge < -0.3 is 9.47 Å². The topological polar surface area (TPSA) is 72.9 Å². The van der Waals surface area contributed by atoms with Crippen LogP contribution < -0.4 is 4.74 Å². The normalized spacial score (nSPS) is 11.5. The maximum atomic E-state index is 12.8. The Morgan fingerprint density at radius 3 is 2.36 bits per heavy atom. The number of carbonyl (C=O) groups is 1. The average molecular weight is 406 g/mol. The van der Waals surface area contributed by atoms with Gasteiger partial charge in [0, 0.05) is 13.1 Å². The molecule has 0 saturated carbocycles. The molecule has 0 bridgehead atoms. The lowest BCUT2D eigenvalue weighted by molar-refractivity contribution is 0.0450. The van der Waals surface area contributed by atoms with Crippen molar-refractivity contribution in [3.05, 3.63) is 59.2 Å². The number of nitrogens with zero attached hydrogens (tertiary/aromatic N) is 1. The molecule has 0 fully saturated rings. The summed E-state index contributed by atoms with van der Waals surface area (Å²) in [6.07, 6.45) is 0. The Morgan fingerprint density at radius 1 is 1.00 bits per heavy atom. The first-order valence-corrected chi connectivity index (χ1v) is 10.7. The van der Waals surface area contributed by atoms with Crippen molar-refractivity contribution in [2.24, 2.45) is 0 Å². The van der Waals surface area contributed by atoms with E-state index in [2.05, 4.69) is 0 Å². The molecule has 2 rings (SSSR count). The molecule has 28 heavy (non-hydrogen) atoms. The van der Waals surface area contributed by atoms with Crippen LogP contribution in [0.4, 0.5) is 0 Å². The van der Waals surface area contributed by atoms with Gasteiger partial charge in [-0.15, -0.1) is 0 Å². The summed E-state index contributed by atoms with van der Waals surface area (Å²) in [5.74, 6) is 0.128. The minimum absolute atomic E-state index is 0.0682. The zero-order valence-electron chi connectivity index (χ0n) is 16.8.